The second kappa shape index (κ2) is 18.2. The fraction of sp³-hybridized carbons (Fsp3) is 0.531. The summed E-state index contributed by atoms with van der Waals surface area (Å²) in [7, 11) is 0. The molecule has 0 saturated heterocycles. The fourth-order valence-electron chi connectivity index (χ4n) is 4.54. The maximum Gasteiger partial charge on any atom is 0.336 e. The largest absolute Gasteiger partial charge is 0.460 e. The lowest BCUT2D eigenvalue weighted by Gasteiger charge is -2.09. The second-order valence-corrected chi connectivity index (χ2v) is 10.1. The third-order valence-electron chi connectivity index (χ3n) is 6.74. The number of rotatable bonds is 20. The van der Waals surface area contributed by atoms with Crippen LogP contribution in [0.2, 0.25) is 0 Å². The molecule has 0 saturated carbocycles. The van der Waals surface area contributed by atoms with E-state index >= 15 is 0 Å². The van der Waals surface area contributed by atoms with Crippen molar-refractivity contribution in [3.8, 4) is 23.1 Å². The predicted molar refractivity (Wildman–Crippen MR) is 158 cm³/mol. The van der Waals surface area contributed by atoms with Crippen molar-refractivity contribution in [2.45, 2.75) is 90.9 Å². The molecule has 2 aromatic carbocycles. The van der Waals surface area contributed by atoms with Crippen molar-refractivity contribution in [2.24, 2.45) is 0 Å². The lowest BCUT2D eigenvalue weighted by atomic mass is 10.1. The van der Waals surface area contributed by atoms with Crippen LogP contribution in [-0.2, 0) is 9.53 Å². The van der Waals surface area contributed by atoms with E-state index in [9.17, 15) is 9.18 Å². The number of aromatic nitrogens is 3. The van der Waals surface area contributed by atoms with E-state index in [0.29, 0.717) is 37.6 Å². The van der Waals surface area contributed by atoms with Crippen LogP contribution in [0.4, 0.5) is 10.1 Å². The van der Waals surface area contributed by atoms with Crippen LogP contribution in [0, 0.1) is 5.82 Å². The Balaban J connectivity index is 1.48. The van der Waals surface area contributed by atoms with Gasteiger partial charge in [0.25, 0.3) is 0 Å². The summed E-state index contributed by atoms with van der Waals surface area (Å²) < 4.78 is 26.5. The number of carbonyl (C=O) groups excluding carboxylic acids is 1. The Morgan fingerprint density at radius 3 is 2.20 bits per heavy atom. The van der Waals surface area contributed by atoms with E-state index in [1.807, 2.05) is 31.2 Å². The van der Waals surface area contributed by atoms with Crippen molar-refractivity contribution >= 4 is 11.6 Å². The molecule has 0 unspecified atom stereocenters. The summed E-state index contributed by atoms with van der Waals surface area (Å²) in [5, 5.41) is 7.47. The second-order valence-electron chi connectivity index (χ2n) is 10.1. The molecule has 1 amide bonds. The van der Waals surface area contributed by atoms with Crippen LogP contribution in [0.15, 0.2) is 48.5 Å². The first-order valence-corrected chi connectivity index (χ1v) is 14.9. The van der Waals surface area contributed by atoms with Crippen molar-refractivity contribution in [1.82, 2.24) is 14.8 Å². The molecule has 1 N–H and O–H groups in total. The van der Waals surface area contributed by atoms with Gasteiger partial charge in [0.15, 0.2) is 5.82 Å². The van der Waals surface area contributed by atoms with Crippen molar-refractivity contribution in [2.75, 3.05) is 25.1 Å². The minimum atomic E-state index is -0.360. The molecule has 0 aliphatic carbocycles. The average Bonchev–Trinajstić information content (AvgIpc) is 3.39. The zero-order chi connectivity index (χ0) is 28.4. The molecule has 0 aliphatic rings. The van der Waals surface area contributed by atoms with E-state index in [4.69, 9.17) is 9.47 Å². The maximum atomic E-state index is 13.9. The molecule has 7 nitrogen and oxygen atoms in total. The van der Waals surface area contributed by atoms with Gasteiger partial charge in [-0.1, -0.05) is 83.3 Å². The van der Waals surface area contributed by atoms with Crippen LogP contribution in [0.25, 0.3) is 17.1 Å². The van der Waals surface area contributed by atoms with Gasteiger partial charge in [0.05, 0.1) is 12.3 Å². The molecule has 0 spiro atoms. The highest BCUT2D eigenvalue weighted by Gasteiger charge is 2.16. The summed E-state index contributed by atoms with van der Waals surface area (Å²) in [6.45, 7) is 5.50. The SMILES string of the molecule is CCCCCCCCCCCCCC(=O)Nc1ccc(-n2nc(OCCOCC)nc2-c2cccc(F)c2)cc1. The fourth-order valence-corrected chi connectivity index (χ4v) is 4.54. The number of hydrogen-bond donors (Lipinski definition) is 1. The molecule has 3 aromatic rings. The Hall–Kier alpha value is -3.26. The van der Waals surface area contributed by atoms with Gasteiger partial charge in [-0.25, -0.2) is 9.07 Å². The monoisotopic (exact) mass is 552 g/mol. The van der Waals surface area contributed by atoms with E-state index in [2.05, 4.69) is 22.3 Å². The molecule has 0 fully saturated rings. The lowest BCUT2D eigenvalue weighted by Crippen LogP contribution is -2.11. The van der Waals surface area contributed by atoms with Gasteiger partial charge < -0.3 is 14.8 Å². The highest BCUT2D eigenvalue weighted by atomic mass is 19.1. The summed E-state index contributed by atoms with van der Waals surface area (Å²) in [6.07, 6.45) is 14.4. The zero-order valence-electron chi connectivity index (χ0n) is 24.2. The average molecular weight is 553 g/mol. The Morgan fingerprint density at radius 2 is 1.55 bits per heavy atom. The number of nitrogens with one attached hydrogen (secondary N) is 1. The molecular weight excluding hydrogens is 507 g/mol. The minimum absolute atomic E-state index is 0.0230. The highest BCUT2D eigenvalue weighted by Crippen LogP contribution is 2.25. The molecule has 1 heterocycles. The molecule has 1 aromatic heterocycles. The zero-order valence-corrected chi connectivity index (χ0v) is 24.2. The molecule has 0 bridgehead atoms. The molecular formula is C32H45FN4O3. The first-order valence-electron chi connectivity index (χ1n) is 14.9. The molecule has 0 radical (unpaired) electrons. The number of ether oxygens (including phenoxy) is 2. The normalized spacial score (nSPS) is 11.1. The lowest BCUT2D eigenvalue weighted by molar-refractivity contribution is -0.116. The number of halogens is 1. The smallest absolute Gasteiger partial charge is 0.336 e. The molecule has 218 valence electrons. The summed E-state index contributed by atoms with van der Waals surface area (Å²) in [5.74, 6) is 0.121. The standard InChI is InChI=1S/C32H45FN4O3/c1-3-5-6-7-8-9-10-11-12-13-14-18-30(38)34-28-19-21-29(22-20-28)37-31(26-16-15-17-27(33)25-26)35-32(36-37)40-24-23-39-4-2/h15-17,19-22,25H,3-14,18,23-24H2,1-2H3,(H,34,38). The third kappa shape index (κ3) is 11.1. The molecule has 3 rings (SSSR count). The van der Waals surface area contributed by atoms with Crippen molar-refractivity contribution in [1.29, 1.82) is 0 Å². The van der Waals surface area contributed by atoms with Crippen LogP contribution in [-0.4, -0.2) is 40.5 Å². The van der Waals surface area contributed by atoms with Gasteiger partial charge in [0.2, 0.25) is 5.91 Å². The van der Waals surface area contributed by atoms with Gasteiger partial charge in [-0.05, 0) is 49.7 Å². The van der Waals surface area contributed by atoms with Crippen LogP contribution >= 0.6 is 0 Å². The van der Waals surface area contributed by atoms with Gasteiger partial charge in [0, 0.05) is 24.3 Å². The predicted octanol–water partition coefficient (Wildman–Crippen LogP) is 8.13. The van der Waals surface area contributed by atoms with Crippen LogP contribution < -0.4 is 10.1 Å². The van der Waals surface area contributed by atoms with Crippen molar-refractivity contribution in [3.05, 3.63) is 54.3 Å². The van der Waals surface area contributed by atoms with Crippen molar-refractivity contribution in [3.63, 3.8) is 0 Å². The Kier molecular flexibility index (Phi) is 14.2. The first kappa shape index (κ1) is 31.3. The van der Waals surface area contributed by atoms with E-state index in [1.54, 1.807) is 16.8 Å². The van der Waals surface area contributed by atoms with Gasteiger partial charge in [-0.15, -0.1) is 5.10 Å². The molecule has 0 aliphatic heterocycles. The van der Waals surface area contributed by atoms with Gasteiger partial charge in [0.1, 0.15) is 12.4 Å². The number of nitrogens with zero attached hydrogens (tertiary/aromatic N) is 3. The van der Waals surface area contributed by atoms with Crippen LogP contribution in [0.5, 0.6) is 6.01 Å². The minimum Gasteiger partial charge on any atom is -0.460 e. The number of amides is 1. The number of carbonyl (C=O) groups is 1. The summed E-state index contributed by atoms with van der Waals surface area (Å²) >= 11 is 0. The van der Waals surface area contributed by atoms with E-state index in [-0.39, 0.29) is 17.7 Å². The topological polar surface area (TPSA) is 78.3 Å². The molecule has 8 heteroatoms. The summed E-state index contributed by atoms with van der Waals surface area (Å²) in [6, 6.07) is 13.7. The molecule has 40 heavy (non-hydrogen) atoms. The van der Waals surface area contributed by atoms with Crippen LogP contribution in [0.1, 0.15) is 90.9 Å². The molecule has 0 atom stereocenters. The number of anilines is 1. The maximum absolute atomic E-state index is 13.9. The third-order valence-corrected chi connectivity index (χ3v) is 6.74. The van der Waals surface area contributed by atoms with E-state index in [0.717, 1.165) is 24.2 Å². The highest BCUT2D eigenvalue weighted by molar-refractivity contribution is 5.90. The number of hydrogen-bond acceptors (Lipinski definition) is 5. The van der Waals surface area contributed by atoms with Gasteiger partial charge in [-0.3, -0.25) is 4.79 Å². The quantitative estimate of drug-likeness (QED) is 0.143. The Labute approximate surface area is 238 Å². The number of unbranched alkanes of at least 4 members (excludes halogenated alkanes) is 10. The van der Waals surface area contributed by atoms with Gasteiger partial charge >= 0.3 is 6.01 Å². The Bertz CT molecular complexity index is 1130. The van der Waals surface area contributed by atoms with E-state index < -0.39 is 0 Å². The number of benzene rings is 2. The van der Waals surface area contributed by atoms with Gasteiger partial charge in [-0.2, -0.15) is 4.98 Å². The van der Waals surface area contributed by atoms with Crippen molar-refractivity contribution < 1.29 is 18.7 Å². The summed E-state index contributed by atoms with van der Waals surface area (Å²) in [4.78, 5) is 16.9. The van der Waals surface area contributed by atoms with E-state index in [1.165, 1.54) is 69.9 Å². The first-order chi connectivity index (χ1) is 19.6. The van der Waals surface area contributed by atoms with Crippen LogP contribution in [0.3, 0.4) is 0 Å². The Morgan fingerprint density at radius 1 is 0.875 bits per heavy atom. The summed E-state index contributed by atoms with van der Waals surface area (Å²) in [5.41, 5.74) is 2.02.